The zero-order valence-corrected chi connectivity index (χ0v) is 11.3. The number of nitrogens with two attached hydrogens (primary N) is 2. The summed E-state index contributed by atoms with van der Waals surface area (Å²) < 4.78 is 1.50. The fraction of sp³-hybridized carbons (Fsp3) is 0. The van der Waals surface area contributed by atoms with Gasteiger partial charge in [-0.3, -0.25) is 15.6 Å². The van der Waals surface area contributed by atoms with Crippen LogP contribution >= 0.6 is 0 Å². The minimum absolute atomic E-state index is 0.173. The van der Waals surface area contributed by atoms with Gasteiger partial charge in [0.25, 0.3) is 5.91 Å². The van der Waals surface area contributed by atoms with Gasteiger partial charge < -0.3 is 11.5 Å². The first-order chi connectivity index (χ1) is 10.5. The summed E-state index contributed by atoms with van der Waals surface area (Å²) in [5.41, 5.74) is 14.2. The van der Waals surface area contributed by atoms with E-state index in [1.165, 1.54) is 10.7 Å². The molecule has 2 rings (SSSR count). The van der Waals surface area contributed by atoms with Gasteiger partial charge in [0.05, 0.1) is 11.4 Å². The highest BCUT2D eigenvalue weighted by Gasteiger charge is 2.06. The number of amides is 1. The Morgan fingerprint density at radius 3 is 2.50 bits per heavy atom. The van der Waals surface area contributed by atoms with E-state index in [0.29, 0.717) is 11.4 Å². The maximum Gasteiger partial charge on any atom is 0.269 e. The number of nitriles is 1. The minimum Gasteiger partial charge on any atom is -0.382 e. The van der Waals surface area contributed by atoms with Crippen LogP contribution in [0.25, 0.3) is 5.69 Å². The molecule has 110 valence electrons. The van der Waals surface area contributed by atoms with Crippen LogP contribution in [-0.2, 0) is 0 Å². The number of aromatic nitrogens is 2. The molecule has 0 unspecified atom stereocenters. The molecule has 9 nitrogen and oxygen atoms in total. The minimum atomic E-state index is -0.598. The number of hydrogen-bond donors (Lipinski definition) is 4. The van der Waals surface area contributed by atoms with E-state index in [2.05, 4.69) is 15.6 Å². The first-order valence-corrected chi connectivity index (χ1v) is 6.05. The quantitative estimate of drug-likeness (QED) is 0.352. The van der Waals surface area contributed by atoms with Crippen LogP contribution in [0, 0.1) is 16.7 Å². The number of amidine groups is 1. The van der Waals surface area contributed by atoms with Gasteiger partial charge >= 0.3 is 0 Å². The second kappa shape index (κ2) is 6.19. The van der Waals surface area contributed by atoms with Crippen LogP contribution in [0.1, 0.15) is 10.5 Å². The van der Waals surface area contributed by atoms with Crippen LogP contribution in [-0.4, -0.2) is 27.2 Å². The van der Waals surface area contributed by atoms with Crippen LogP contribution in [0.3, 0.4) is 0 Å². The second-order valence-electron chi connectivity index (χ2n) is 4.15. The van der Waals surface area contributed by atoms with Gasteiger partial charge in [-0.15, -0.1) is 0 Å². The molecule has 1 amide bonds. The zero-order chi connectivity index (χ0) is 16.1. The number of benzene rings is 1. The van der Waals surface area contributed by atoms with Crippen LogP contribution in [0.5, 0.6) is 0 Å². The van der Waals surface area contributed by atoms with Crippen LogP contribution in [0.4, 0.5) is 5.69 Å². The Balaban J connectivity index is 2.15. The lowest BCUT2D eigenvalue weighted by molar-refractivity contribution is 0.0995. The standard InChI is InChI=1S/C13H12N8O/c14-7-11(12(15)16)19-18-8-1-3-9(4-2-8)21-6-5-10(20-21)13(17)22/h1-6,18H,(H3,15,16)(H2,17,22)/b19-11+. The molecule has 6 N–H and O–H groups in total. The van der Waals surface area contributed by atoms with Crippen molar-refractivity contribution in [3.05, 3.63) is 42.2 Å². The fourth-order valence-corrected chi connectivity index (χ4v) is 1.55. The van der Waals surface area contributed by atoms with E-state index in [1.807, 2.05) is 0 Å². The molecule has 0 radical (unpaired) electrons. The summed E-state index contributed by atoms with van der Waals surface area (Å²) in [6.07, 6.45) is 1.62. The normalized spacial score (nSPS) is 10.8. The highest BCUT2D eigenvalue weighted by atomic mass is 16.1. The fourth-order valence-electron chi connectivity index (χ4n) is 1.55. The largest absolute Gasteiger partial charge is 0.382 e. The summed E-state index contributed by atoms with van der Waals surface area (Å²) in [6, 6.07) is 10.1. The number of carbonyl (C=O) groups is 1. The molecule has 1 aromatic carbocycles. The van der Waals surface area contributed by atoms with E-state index in [0.717, 1.165) is 0 Å². The number of rotatable bonds is 5. The van der Waals surface area contributed by atoms with Crippen LogP contribution < -0.4 is 16.9 Å². The molecular formula is C13H12N8O. The Labute approximate surface area is 125 Å². The summed E-state index contributed by atoms with van der Waals surface area (Å²) in [4.78, 5) is 11.0. The average molecular weight is 296 g/mol. The third kappa shape index (κ3) is 3.26. The van der Waals surface area contributed by atoms with Crippen molar-refractivity contribution >= 4 is 23.1 Å². The van der Waals surface area contributed by atoms with E-state index in [-0.39, 0.29) is 11.4 Å². The number of primary amides is 1. The van der Waals surface area contributed by atoms with Gasteiger partial charge in [-0.2, -0.15) is 15.5 Å². The number of carbonyl (C=O) groups excluding carboxylic acids is 1. The number of anilines is 1. The van der Waals surface area contributed by atoms with Gasteiger partial charge in [0.1, 0.15) is 11.8 Å². The van der Waals surface area contributed by atoms with E-state index in [1.54, 1.807) is 36.5 Å². The molecule has 22 heavy (non-hydrogen) atoms. The first-order valence-electron chi connectivity index (χ1n) is 6.05. The van der Waals surface area contributed by atoms with E-state index < -0.39 is 11.7 Å². The molecule has 1 aromatic heterocycles. The van der Waals surface area contributed by atoms with Gasteiger partial charge in [0.2, 0.25) is 5.71 Å². The molecule has 0 aliphatic heterocycles. The lowest BCUT2D eigenvalue weighted by Gasteiger charge is -2.04. The molecule has 0 aliphatic rings. The second-order valence-corrected chi connectivity index (χ2v) is 4.15. The topological polar surface area (TPSA) is 159 Å². The number of hydrogen-bond acceptors (Lipinski definition) is 6. The third-order valence-electron chi connectivity index (χ3n) is 2.63. The average Bonchev–Trinajstić information content (AvgIpc) is 2.98. The van der Waals surface area contributed by atoms with E-state index >= 15 is 0 Å². The van der Waals surface area contributed by atoms with Gasteiger partial charge in [0.15, 0.2) is 5.84 Å². The van der Waals surface area contributed by atoms with Crippen molar-refractivity contribution < 1.29 is 4.79 Å². The Morgan fingerprint density at radius 2 is 2.00 bits per heavy atom. The Kier molecular flexibility index (Phi) is 4.14. The molecular weight excluding hydrogens is 284 g/mol. The van der Waals surface area contributed by atoms with Crippen molar-refractivity contribution in [3.63, 3.8) is 0 Å². The van der Waals surface area contributed by atoms with Crippen molar-refractivity contribution in [1.29, 1.82) is 10.7 Å². The summed E-state index contributed by atoms with van der Waals surface area (Å²) in [6.45, 7) is 0. The molecule has 0 saturated heterocycles. The maximum absolute atomic E-state index is 11.0. The molecule has 0 atom stereocenters. The van der Waals surface area contributed by atoms with Crippen LogP contribution in [0.2, 0.25) is 0 Å². The predicted molar refractivity (Wildman–Crippen MR) is 80.7 cm³/mol. The third-order valence-corrected chi connectivity index (χ3v) is 2.63. The Hall–Kier alpha value is -3.67. The summed E-state index contributed by atoms with van der Waals surface area (Å²) in [5.74, 6) is -1.01. The van der Waals surface area contributed by atoms with Crippen molar-refractivity contribution in [2.24, 2.45) is 16.6 Å². The van der Waals surface area contributed by atoms with Crippen molar-refractivity contribution in [1.82, 2.24) is 9.78 Å². The van der Waals surface area contributed by atoms with Crippen molar-refractivity contribution in [2.75, 3.05) is 5.43 Å². The van der Waals surface area contributed by atoms with Crippen molar-refractivity contribution in [2.45, 2.75) is 0 Å². The lowest BCUT2D eigenvalue weighted by Crippen LogP contribution is -2.21. The highest BCUT2D eigenvalue weighted by Crippen LogP contribution is 2.13. The number of hydrazone groups is 1. The Morgan fingerprint density at radius 1 is 1.32 bits per heavy atom. The van der Waals surface area contributed by atoms with E-state index in [4.69, 9.17) is 22.1 Å². The molecule has 0 aliphatic carbocycles. The summed E-state index contributed by atoms with van der Waals surface area (Å²) in [7, 11) is 0. The maximum atomic E-state index is 11.0. The van der Waals surface area contributed by atoms with Gasteiger partial charge in [-0.1, -0.05) is 0 Å². The number of nitrogens with one attached hydrogen (secondary N) is 2. The first kappa shape index (κ1) is 14.7. The monoisotopic (exact) mass is 296 g/mol. The molecule has 0 fully saturated rings. The highest BCUT2D eigenvalue weighted by molar-refractivity contribution is 6.45. The van der Waals surface area contributed by atoms with Gasteiger partial charge in [-0.05, 0) is 30.3 Å². The lowest BCUT2D eigenvalue weighted by atomic mass is 10.3. The Bertz CT molecular complexity index is 781. The van der Waals surface area contributed by atoms with Gasteiger partial charge in [0, 0.05) is 6.20 Å². The van der Waals surface area contributed by atoms with Crippen LogP contribution in [0.15, 0.2) is 41.6 Å². The molecule has 0 spiro atoms. The van der Waals surface area contributed by atoms with E-state index in [9.17, 15) is 4.79 Å². The molecule has 0 bridgehead atoms. The molecule has 2 aromatic rings. The number of nitrogens with zero attached hydrogens (tertiary/aromatic N) is 4. The SMILES string of the molecule is N#C/C(=N\Nc1ccc(-n2ccc(C(N)=O)n2)cc1)C(=N)N. The van der Waals surface area contributed by atoms with Gasteiger partial charge in [-0.25, -0.2) is 4.68 Å². The molecule has 9 heteroatoms. The molecule has 1 heterocycles. The summed E-state index contributed by atoms with van der Waals surface area (Å²) in [5, 5.41) is 23.6. The van der Waals surface area contributed by atoms with Crippen molar-refractivity contribution in [3.8, 4) is 11.8 Å². The summed E-state index contributed by atoms with van der Waals surface area (Å²) >= 11 is 0. The predicted octanol–water partition coefficient (Wildman–Crippen LogP) is 0.199. The zero-order valence-electron chi connectivity index (χ0n) is 11.3. The smallest absolute Gasteiger partial charge is 0.269 e. The molecule has 0 saturated carbocycles.